The molecule has 2 unspecified atom stereocenters. The third kappa shape index (κ3) is 4.49. The van der Waals surface area contributed by atoms with Gasteiger partial charge in [-0.05, 0) is 26.7 Å². The van der Waals surface area contributed by atoms with E-state index in [9.17, 15) is 14.7 Å². The number of hydrogen-bond donors (Lipinski definition) is 2. The molecule has 0 spiro atoms. The number of likely N-dealkylation sites (tertiary alicyclic amines) is 1. The highest BCUT2D eigenvalue weighted by molar-refractivity contribution is 5.89. The predicted molar refractivity (Wildman–Crippen MR) is 73.5 cm³/mol. The van der Waals surface area contributed by atoms with Crippen molar-refractivity contribution in [2.75, 3.05) is 13.1 Å². The normalized spacial score (nSPS) is 25.9. The van der Waals surface area contributed by atoms with Crippen LogP contribution in [0.5, 0.6) is 0 Å². The first kappa shape index (κ1) is 16.0. The summed E-state index contributed by atoms with van der Waals surface area (Å²) in [6.45, 7) is 9.84. The fourth-order valence-electron chi connectivity index (χ4n) is 2.16. The van der Waals surface area contributed by atoms with Crippen molar-refractivity contribution in [3.63, 3.8) is 0 Å². The van der Waals surface area contributed by atoms with E-state index < -0.39 is 17.1 Å². The minimum atomic E-state index is -0.818. The van der Waals surface area contributed by atoms with E-state index in [0.29, 0.717) is 19.5 Å². The zero-order valence-electron chi connectivity index (χ0n) is 12.6. The van der Waals surface area contributed by atoms with E-state index in [-0.39, 0.29) is 11.8 Å². The van der Waals surface area contributed by atoms with Gasteiger partial charge in [-0.25, -0.2) is 0 Å². The van der Waals surface area contributed by atoms with Gasteiger partial charge in [-0.15, -0.1) is 0 Å². The lowest BCUT2D eigenvalue weighted by molar-refractivity contribution is -0.142. The van der Waals surface area contributed by atoms with E-state index in [1.54, 1.807) is 18.7 Å². The van der Waals surface area contributed by atoms with Gasteiger partial charge in [-0.1, -0.05) is 20.8 Å². The number of β-amino-alcohol motifs (C(OH)–C–C–N with tert-alkyl or cyclic N) is 1. The molecule has 1 aliphatic rings. The van der Waals surface area contributed by atoms with Crippen LogP contribution in [0.15, 0.2) is 0 Å². The monoisotopic (exact) mass is 270 g/mol. The fraction of sp³-hybridized carbons (Fsp3) is 0.857. The van der Waals surface area contributed by atoms with Crippen LogP contribution < -0.4 is 5.32 Å². The molecule has 2 N–H and O–H groups in total. The molecule has 2 atom stereocenters. The van der Waals surface area contributed by atoms with Gasteiger partial charge < -0.3 is 15.3 Å². The Hall–Kier alpha value is -1.10. The third-order valence-electron chi connectivity index (χ3n) is 3.39. The fourth-order valence-corrected chi connectivity index (χ4v) is 2.16. The standard InChI is InChI=1S/C14H26N2O3/c1-10(15-12(18)13(2,3)4)11(17)16-8-6-7-14(5,19)9-16/h10,19H,6-9H2,1-5H3,(H,15,18). The van der Waals surface area contributed by atoms with Gasteiger partial charge in [-0.3, -0.25) is 9.59 Å². The highest BCUT2D eigenvalue weighted by Gasteiger charge is 2.34. The predicted octanol–water partition coefficient (Wildman–Crippen LogP) is 0.911. The molecule has 19 heavy (non-hydrogen) atoms. The number of amides is 2. The van der Waals surface area contributed by atoms with Crippen LogP contribution in [0, 0.1) is 5.41 Å². The van der Waals surface area contributed by atoms with E-state index in [0.717, 1.165) is 6.42 Å². The van der Waals surface area contributed by atoms with Gasteiger partial charge in [0, 0.05) is 18.5 Å². The van der Waals surface area contributed by atoms with Crippen molar-refractivity contribution in [1.29, 1.82) is 0 Å². The van der Waals surface area contributed by atoms with E-state index in [1.807, 2.05) is 20.8 Å². The average molecular weight is 270 g/mol. The molecular formula is C14H26N2O3. The molecular weight excluding hydrogens is 244 g/mol. The molecule has 1 heterocycles. The molecule has 1 fully saturated rings. The lowest BCUT2D eigenvalue weighted by Gasteiger charge is -2.38. The lowest BCUT2D eigenvalue weighted by Crippen LogP contribution is -2.55. The lowest BCUT2D eigenvalue weighted by atomic mass is 9.94. The van der Waals surface area contributed by atoms with Crippen LogP contribution in [0.25, 0.3) is 0 Å². The minimum Gasteiger partial charge on any atom is -0.388 e. The van der Waals surface area contributed by atoms with Crippen molar-refractivity contribution in [1.82, 2.24) is 10.2 Å². The van der Waals surface area contributed by atoms with Gasteiger partial charge in [0.1, 0.15) is 6.04 Å². The van der Waals surface area contributed by atoms with Gasteiger partial charge in [0.25, 0.3) is 0 Å². The second-order valence-electron chi connectivity index (χ2n) is 6.81. The molecule has 110 valence electrons. The molecule has 1 aliphatic heterocycles. The Kier molecular flexibility index (Phi) is 4.61. The summed E-state index contributed by atoms with van der Waals surface area (Å²) < 4.78 is 0. The second-order valence-corrected chi connectivity index (χ2v) is 6.81. The molecule has 0 aromatic carbocycles. The number of carbonyl (C=O) groups excluding carboxylic acids is 2. The van der Waals surface area contributed by atoms with Gasteiger partial charge in [0.15, 0.2) is 0 Å². The molecule has 5 nitrogen and oxygen atoms in total. The first-order valence-electron chi connectivity index (χ1n) is 6.85. The van der Waals surface area contributed by atoms with Crippen molar-refractivity contribution in [2.45, 2.75) is 59.1 Å². The zero-order chi connectivity index (χ0) is 14.8. The topological polar surface area (TPSA) is 69.6 Å². The highest BCUT2D eigenvalue weighted by atomic mass is 16.3. The quantitative estimate of drug-likeness (QED) is 0.783. The molecule has 5 heteroatoms. The molecule has 0 aromatic heterocycles. The van der Waals surface area contributed by atoms with Gasteiger partial charge in [-0.2, -0.15) is 0 Å². The van der Waals surface area contributed by atoms with Crippen LogP contribution in [-0.4, -0.2) is 46.6 Å². The zero-order valence-corrected chi connectivity index (χ0v) is 12.6. The number of hydrogen-bond acceptors (Lipinski definition) is 3. The number of carbonyl (C=O) groups is 2. The number of aliphatic hydroxyl groups is 1. The largest absolute Gasteiger partial charge is 0.388 e. The molecule has 1 rings (SSSR count). The van der Waals surface area contributed by atoms with E-state index in [1.165, 1.54) is 0 Å². The van der Waals surface area contributed by atoms with Crippen molar-refractivity contribution in [3.8, 4) is 0 Å². The first-order chi connectivity index (χ1) is 8.53. The Morgan fingerprint density at radius 1 is 1.37 bits per heavy atom. The maximum atomic E-state index is 12.2. The molecule has 0 bridgehead atoms. The van der Waals surface area contributed by atoms with Crippen LogP contribution >= 0.6 is 0 Å². The number of rotatable bonds is 2. The van der Waals surface area contributed by atoms with E-state index >= 15 is 0 Å². The smallest absolute Gasteiger partial charge is 0.244 e. The summed E-state index contributed by atoms with van der Waals surface area (Å²) in [5.74, 6) is -0.269. The summed E-state index contributed by atoms with van der Waals surface area (Å²) in [5.41, 5.74) is -1.33. The Bertz CT molecular complexity index is 358. The van der Waals surface area contributed by atoms with Gasteiger partial charge in [0.2, 0.25) is 11.8 Å². The van der Waals surface area contributed by atoms with E-state index in [4.69, 9.17) is 0 Å². The van der Waals surface area contributed by atoms with Crippen molar-refractivity contribution >= 4 is 11.8 Å². The van der Waals surface area contributed by atoms with Crippen molar-refractivity contribution in [2.24, 2.45) is 5.41 Å². The number of nitrogens with one attached hydrogen (secondary N) is 1. The maximum Gasteiger partial charge on any atom is 0.244 e. The highest BCUT2D eigenvalue weighted by Crippen LogP contribution is 2.21. The molecule has 0 radical (unpaired) electrons. The van der Waals surface area contributed by atoms with Crippen LogP contribution in [0.3, 0.4) is 0 Å². The Morgan fingerprint density at radius 2 is 1.95 bits per heavy atom. The summed E-state index contributed by atoms with van der Waals surface area (Å²) in [7, 11) is 0. The Balaban J connectivity index is 2.60. The van der Waals surface area contributed by atoms with Crippen LogP contribution in [0.1, 0.15) is 47.5 Å². The average Bonchev–Trinajstić information content (AvgIpc) is 2.25. The summed E-state index contributed by atoms with van der Waals surface area (Å²) in [4.78, 5) is 25.7. The first-order valence-corrected chi connectivity index (χ1v) is 6.85. The SMILES string of the molecule is CC(NC(=O)C(C)(C)C)C(=O)N1CCCC(C)(O)C1. The summed E-state index contributed by atoms with van der Waals surface area (Å²) in [5, 5.41) is 12.7. The minimum absolute atomic E-state index is 0.127. The van der Waals surface area contributed by atoms with Gasteiger partial charge >= 0.3 is 0 Å². The molecule has 0 aliphatic carbocycles. The summed E-state index contributed by atoms with van der Waals surface area (Å²) >= 11 is 0. The third-order valence-corrected chi connectivity index (χ3v) is 3.39. The van der Waals surface area contributed by atoms with E-state index in [2.05, 4.69) is 5.32 Å². The van der Waals surface area contributed by atoms with Crippen LogP contribution in [0.4, 0.5) is 0 Å². The van der Waals surface area contributed by atoms with Crippen LogP contribution in [-0.2, 0) is 9.59 Å². The molecule has 2 amide bonds. The maximum absolute atomic E-state index is 12.2. The van der Waals surface area contributed by atoms with Gasteiger partial charge in [0.05, 0.1) is 5.60 Å². The summed E-state index contributed by atoms with van der Waals surface area (Å²) in [6.07, 6.45) is 1.50. The number of nitrogens with zero attached hydrogens (tertiary/aromatic N) is 1. The summed E-state index contributed by atoms with van der Waals surface area (Å²) in [6, 6.07) is -0.555. The Labute approximate surface area is 115 Å². The molecule has 0 saturated carbocycles. The van der Waals surface area contributed by atoms with Crippen LogP contribution in [0.2, 0.25) is 0 Å². The second kappa shape index (κ2) is 5.49. The van der Waals surface area contributed by atoms with Crippen molar-refractivity contribution in [3.05, 3.63) is 0 Å². The molecule has 1 saturated heterocycles. The van der Waals surface area contributed by atoms with Crippen molar-refractivity contribution < 1.29 is 14.7 Å². The Morgan fingerprint density at radius 3 is 2.42 bits per heavy atom. The number of piperidine rings is 1. The molecule has 0 aromatic rings.